The maximum absolute atomic E-state index is 12.0. The lowest BCUT2D eigenvalue weighted by Gasteiger charge is -2.34. The molecule has 1 aliphatic carbocycles. The number of benzene rings is 1. The van der Waals surface area contributed by atoms with Crippen molar-refractivity contribution in [2.75, 3.05) is 13.1 Å². The largest absolute Gasteiger partial charge is 0.342 e. The minimum atomic E-state index is 0.355. The number of hydrogen-bond donors (Lipinski definition) is 1. The molecule has 21 heavy (non-hydrogen) atoms. The van der Waals surface area contributed by atoms with Crippen LogP contribution in [0.5, 0.6) is 0 Å². The second-order valence-corrected chi connectivity index (χ2v) is 7.23. The van der Waals surface area contributed by atoms with Gasteiger partial charge in [-0.15, -0.1) is 0 Å². The van der Waals surface area contributed by atoms with Gasteiger partial charge in [-0.05, 0) is 50.3 Å². The lowest BCUT2D eigenvalue weighted by atomic mass is 10.0. The molecule has 1 atom stereocenters. The van der Waals surface area contributed by atoms with Gasteiger partial charge in [0.2, 0.25) is 5.91 Å². The van der Waals surface area contributed by atoms with E-state index in [4.69, 9.17) is 0 Å². The zero-order chi connectivity index (χ0) is 14.8. The van der Waals surface area contributed by atoms with Crippen LogP contribution in [0.1, 0.15) is 44.2 Å². The van der Waals surface area contributed by atoms with Crippen LogP contribution in [-0.4, -0.2) is 29.9 Å². The first kappa shape index (κ1) is 15.0. The van der Waals surface area contributed by atoms with Crippen molar-refractivity contribution in [1.82, 2.24) is 10.2 Å². The van der Waals surface area contributed by atoms with E-state index in [1.54, 1.807) is 0 Å². The number of likely N-dealkylation sites (tertiary alicyclic amines) is 1. The number of nitrogens with one attached hydrogen (secondary N) is 1. The average Bonchev–Trinajstić information content (AvgIpc) is 3.32. The summed E-state index contributed by atoms with van der Waals surface area (Å²) >= 11 is 3.47. The number of carbonyl (C=O) groups excluding carboxylic acids is 1. The smallest absolute Gasteiger partial charge is 0.225 e. The van der Waals surface area contributed by atoms with E-state index in [2.05, 4.69) is 57.3 Å². The highest BCUT2D eigenvalue weighted by Crippen LogP contribution is 2.32. The van der Waals surface area contributed by atoms with E-state index in [1.807, 2.05) is 0 Å². The van der Waals surface area contributed by atoms with Crippen LogP contribution in [-0.2, 0) is 4.79 Å². The third-order valence-corrected chi connectivity index (χ3v) is 5.12. The fourth-order valence-electron chi connectivity index (χ4n) is 3.06. The maximum atomic E-state index is 12.0. The molecule has 0 spiro atoms. The van der Waals surface area contributed by atoms with Crippen molar-refractivity contribution < 1.29 is 4.79 Å². The Bertz CT molecular complexity index is 490. The molecule has 0 aromatic heterocycles. The van der Waals surface area contributed by atoms with Crippen LogP contribution in [0, 0.1) is 5.92 Å². The highest BCUT2D eigenvalue weighted by molar-refractivity contribution is 9.10. The quantitative estimate of drug-likeness (QED) is 0.901. The average molecular weight is 351 g/mol. The van der Waals surface area contributed by atoms with E-state index in [0.29, 0.717) is 23.9 Å². The Kier molecular flexibility index (Phi) is 4.65. The lowest BCUT2D eigenvalue weighted by molar-refractivity contribution is -0.133. The molecule has 1 aliphatic heterocycles. The van der Waals surface area contributed by atoms with Gasteiger partial charge in [0.15, 0.2) is 0 Å². The van der Waals surface area contributed by atoms with Crippen molar-refractivity contribution in [1.29, 1.82) is 0 Å². The summed E-state index contributed by atoms with van der Waals surface area (Å²) in [6.07, 6.45) is 4.36. The van der Waals surface area contributed by atoms with Crippen molar-refractivity contribution in [3.63, 3.8) is 0 Å². The molecule has 3 nitrogen and oxygen atoms in total. The van der Waals surface area contributed by atoms with Gasteiger partial charge in [-0.3, -0.25) is 4.79 Å². The molecule has 0 radical (unpaired) electrons. The molecule has 3 rings (SSSR count). The van der Waals surface area contributed by atoms with Crippen LogP contribution in [0.25, 0.3) is 0 Å². The van der Waals surface area contributed by atoms with Gasteiger partial charge in [-0.1, -0.05) is 28.1 Å². The van der Waals surface area contributed by atoms with E-state index in [-0.39, 0.29) is 0 Å². The summed E-state index contributed by atoms with van der Waals surface area (Å²) in [5, 5.41) is 3.71. The van der Waals surface area contributed by atoms with Crippen LogP contribution < -0.4 is 5.32 Å². The van der Waals surface area contributed by atoms with Gasteiger partial charge >= 0.3 is 0 Å². The first-order valence-corrected chi connectivity index (χ1v) is 8.73. The second-order valence-electron chi connectivity index (χ2n) is 6.31. The zero-order valence-corrected chi connectivity index (χ0v) is 14.1. The molecular formula is C17H23BrN2O. The summed E-state index contributed by atoms with van der Waals surface area (Å²) in [6, 6.07) is 9.37. The molecule has 1 aromatic carbocycles. The lowest BCUT2D eigenvalue weighted by Crippen LogP contribution is -2.45. The van der Waals surface area contributed by atoms with E-state index >= 15 is 0 Å². The predicted molar refractivity (Wildman–Crippen MR) is 88.0 cm³/mol. The number of amides is 1. The number of carbonyl (C=O) groups is 1. The maximum Gasteiger partial charge on any atom is 0.225 e. The van der Waals surface area contributed by atoms with E-state index < -0.39 is 0 Å². The molecule has 1 unspecified atom stereocenters. The van der Waals surface area contributed by atoms with Gasteiger partial charge in [-0.2, -0.15) is 0 Å². The van der Waals surface area contributed by atoms with Crippen LogP contribution in [0.2, 0.25) is 0 Å². The third-order valence-electron chi connectivity index (χ3n) is 4.59. The molecule has 1 saturated heterocycles. The topological polar surface area (TPSA) is 32.3 Å². The van der Waals surface area contributed by atoms with Gasteiger partial charge < -0.3 is 10.2 Å². The van der Waals surface area contributed by atoms with Crippen molar-refractivity contribution >= 4 is 21.8 Å². The third kappa shape index (κ3) is 3.86. The second kappa shape index (κ2) is 6.49. The molecule has 114 valence electrons. The van der Waals surface area contributed by atoms with Crippen LogP contribution >= 0.6 is 15.9 Å². The summed E-state index contributed by atoms with van der Waals surface area (Å²) in [4.78, 5) is 14.1. The monoisotopic (exact) mass is 350 g/mol. The Hall–Kier alpha value is -0.870. The van der Waals surface area contributed by atoms with Crippen molar-refractivity contribution in [2.45, 2.75) is 44.7 Å². The van der Waals surface area contributed by atoms with Gasteiger partial charge in [0.1, 0.15) is 0 Å². The van der Waals surface area contributed by atoms with Gasteiger partial charge in [-0.25, -0.2) is 0 Å². The standard InChI is InChI=1S/C17H23BrN2O/c1-12(13-4-6-15(18)7-5-13)19-16-8-10-20(11-9-16)17(21)14-2-3-14/h4-7,12,14,16,19H,2-3,8-11H2,1H3. The highest BCUT2D eigenvalue weighted by atomic mass is 79.9. The van der Waals surface area contributed by atoms with Crippen LogP contribution in [0.4, 0.5) is 0 Å². The van der Waals surface area contributed by atoms with Crippen molar-refractivity contribution in [3.05, 3.63) is 34.3 Å². The number of nitrogens with zero attached hydrogens (tertiary/aromatic N) is 1. The van der Waals surface area contributed by atoms with Crippen molar-refractivity contribution in [2.24, 2.45) is 5.92 Å². The summed E-state index contributed by atoms with van der Waals surface area (Å²) in [5.41, 5.74) is 1.31. The summed E-state index contributed by atoms with van der Waals surface area (Å²) < 4.78 is 1.12. The molecule has 1 heterocycles. The summed E-state index contributed by atoms with van der Waals surface area (Å²) in [6.45, 7) is 4.05. The van der Waals surface area contributed by atoms with Crippen molar-refractivity contribution in [3.8, 4) is 0 Å². The molecule has 1 aromatic rings. The molecule has 1 N–H and O–H groups in total. The molecule has 2 aliphatic rings. The molecule has 4 heteroatoms. The SMILES string of the molecule is CC(NC1CCN(C(=O)C2CC2)CC1)c1ccc(Br)cc1. The predicted octanol–water partition coefficient (Wildman–Crippen LogP) is 3.50. The zero-order valence-electron chi connectivity index (χ0n) is 12.5. The van der Waals surface area contributed by atoms with Gasteiger partial charge in [0.25, 0.3) is 0 Å². The minimum absolute atomic E-state index is 0.355. The molecule has 1 amide bonds. The van der Waals surface area contributed by atoms with Crippen LogP contribution in [0.15, 0.2) is 28.7 Å². The van der Waals surface area contributed by atoms with E-state index in [9.17, 15) is 4.79 Å². The molecule has 1 saturated carbocycles. The molecule has 2 fully saturated rings. The van der Waals surface area contributed by atoms with E-state index in [1.165, 1.54) is 5.56 Å². The number of hydrogen-bond acceptors (Lipinski definition) is 2. The van der Waals surface area contributed by atoms with Gasteiger partial charge in [0.05, 0.1) is 0 Å². The Morgan fingerprint density at radius 2 is 1.81 bits per heavy atom. The minimum Gasteiger partial charge on any atom is -0.342 e. The molecule has 0 bridgehead atoms. The first-order chi connectivity index (χ1) is 10.1. The summed E-state index contributed by atoms with van der Waals surface area (Å²) in [5.74, 6) is 0.755. The normalized spacial score (nSPS) is 21.3. The number of rotatable bonds is 4. The summed E-state index contributed by atoms with van der Waals surface area (Å²) in [7, 11) is 0. The first-order valence-electron chi connectivity index (χ1n) is 7.94. The Labute approximate surface area is 135 Å². The number of piperidine rings is 1. The Morgan fingerprint density at radius 3 is 2.38 bits per heavy atom. The molecular weight excluding hydrogens is 328 g/mol. The number of halogens is 1. The Morgan fingerprint density at radius 1 is 1.19 bits per heavy atom. The van der Waals surface area contributed by atoms with Crippen LogP contribution in [0.3, 0.4) is 0 Å². The highest BCUT2D eigenvalue weighted by Gasteiger charge is 2.34. The Balaban J connectivity index is 1.48. The van der Waals surface area contributed by atoms with Gasteiger partial charge in [0, 0.05) is 35.6 Å². The fraction of sp³-hybridized carbons (Fsp3) is 0.588. The van der Waals surface area contributed by atoms with E-state index in [0.717, 1.165) is 43.2 Å². The fourth-order valence-corrected chi connectivity index (χ4v) is 3.32.